The Morgan fingerprint density at radius 2 is 1.96 bits per heavy atom. The average molecular weight is 383 g/mol. The van der Waals surface area contributed by atoms with Gasteiger partial charge in [-0.3, -0.25) is 4.79 Å². The molecule has 0 atom stereocenters. The Hall–Kier alpha value is -3.36. The molecule has 1 aromatic carbocycles. The highest BCUT2D eigenvalue weighted by Crippen LogP contribution is 2.34. The number of methoxy groups -OCH3 is 1. The summed E-state index contributed by atoms with van der Waals surface area (Å²) in [6.45, 7) is 1.93. The fourth-order valence-corrected chi connectivity index (χ4v) is 3.30. The van der Waals surface area contributed by atoms with Crippen LogP contribution in [0, 0.1) is 0 Å². The fraction of sp³-hybridized carbons (Fsp3) is 0.368. The van der Waals surface area contributed by atoms with E-state index in [4.69, 9.17) is 13.8 Å². The SMILES string of the molecule is COc1ccc(-c2onc(N3CCCC3)c2C(=O)N(C)Cc2ncon2)cc1. The largest absolute Gasteiger partial charge is 0.497 e. The van der Waals surface area contributed by atoms with E-state index in [0.717, 1.165) is 37.2 Å². The number of ether oxygens (including phenoxy) is 1. The van der Waals surface area contributed by atoms with E-state index in [1.54, 1.807) is 14.2 Å². The van der Waals surface area contributed by atoms with Crippen molar-refractivity contribution in [3.05, 3.63) is 42.0 Å². The molecule has 1 fully saturated rings. The zero-order chi connectivity index (χ0) is 19.5. The molecule has 1 aliphatic rings. The second-order valence-corrected chi connectivity index (χ2v) is 6.64. The van der Waals surface area contributed by atoms with Crippen LogP contribution >= 0.6 is 0 Å². The van der Waals surface area contributed by atoms with Gasteiger partial charge in [-0.1, -0.05) is 10.3 Å². The predicted molar refractivity (Wildman–Crippen MR) is 100 cm³/mol. The van der Waals surface area contributed by atoms with Crippen LogP contribution in [0.25, 0.3) is 11.3 Å². The Bertz CT molecular complexity index is 930. The van der Waals surface area contributed by atoms with Gasteiger partial charge in [0.2, 0.25) is 6.39 Å². The predicted octanol–water partition coefficient (Wildman–Crippen LogP) is 2.61. The van der Waals surface area contributed by atoms with Gasteiger partial charge in [0, 0.05) is 25.7 Å². The summed E-state index contributed by atoms with van der Waals surface area (Å²) in [6, 6.07) is 7.35. The lowest BCUT2D eigenvalue weighted by Crippen LogP contribution is -2.29. The van der Waals surface area contributed by atoms with Gasteiger partial charge in [0.25, 0.3) is 5.91 Å². The second-order valence-electron chi connectivity index (χ2n) is 6.64. The van der Waals surface area contributed by atoms with E-state index in [1.807, 2.05) is 24.3 Å². The van der Waals surface area contributed by atoms with Crippen molar-refractivity contribution < 1.29 is 18.6 Å². The molecular weight excluding hydrogens is 362 g/mol. The van der Waals surface area contributed by atoms with Crippen LogP contribution in [-0.2, 0) is 6.54 Å². The third-order valence-electron chi connectivity index (χ3n) is 4.78. The van der Waals surface area contributed by atoms with E-state index in [1.165, 1.54) is 11.3 Å². The maximum Gasteiger partial charge on any atom is 0.261 e. The van der Waals surface area contributed by atoms with E-state index in [-0.39, 0.29) is 12.5 Å². The van der Waals surface area contributed by atoms with Gasteiger partial charge in [-0.15, -0.1) is 0 Å². The van der Waals surface area contributed by atoms with Crippen LogP contribution < -0.4 is 9.64 Å². The van der Waals surface area contributed by atoms with Crippen molar-refractivity contribution in [1.29, 1.82) is 0 Å². The quantitative estimate of drug-likeness (QED) is 0.641. The Kier molecular flexibility index (Phi) is 4.96. The molecule has 3 heterocycles. The number of aromatic nitrogens is 3. The molecule has 3 aromatic rings. The van der Waals surface area contributed by atoms with Gasteiger partial charge in [0.15, 0.2) is 17.4 Å². The summed E-state index contributed by atoms with van der Waals surface area (Å²) >= 11 is 0. The molecule has 0 aliphatic carbocycles. The highest BCUT2D eigenvalue weighted by Gasteiger charge is 2.31. The van der Waals surface area contributed by atoms with Gasteiger partial charge in [0.05, 0.1) is 13.7 Å². The summed E-state index contributed by atoms with van der Waals surface area (Å²) in [7, 11) is 3.30. The summed E-state index contributed by atoms with van der Waals surface area (Å²) in [6.07, 6.45) is 3.37. The van der Waals surface area contributed by atoms with Gasteiger partial charge in [-0.05, 0) is 37.1 Å². The first-order valence-electron chi connectivity index (χ1n) is 9.07. The number of nitrogens with zero attached hydrogens (tertiary/aromatic N) is 5. The minimum atomic E-state index is -0.209. The number of rotatable bonds is 6. The Morgan fingerprint density at radius 1 is 1.21 bits per heavy atom. The van der Waals surface area contributed by atoms with Crippen molar-refractivity contribution in [3.63, 3.8) is 0 Å². The number of anilines is 1. The van der Waals surface area contributed by atoms with E-state index in [0.29, 0.717) is 23.0 Å². The average Bonchev–Trinajstić information content (AvgIpc) is 3.48. The molecule has 28 heavy (non-hydrogen) atoms. The number of carbonyl (C=O) groups excluding carboxylic acids is 1. The molecule has 146 valence electrons. The van der Waals surface area contributed by atoms with Crippen LogP contribution in [0.4, 0.5) is 5.82 Å². The van der Waals surface area contributed by atoms with Gasteiger partial charge >= 0.3 is 0 Å². The molecule has 4 rings (SSSR count). The van der Waals surface area contributed by atoms with Crippen molar-refractivity contribution in [2.24, 2.45) is 0 Å². The molecule has 9 heteroatoms. The number of carbonyl (C=O) groups is 1. The lowest BCUT2D eigenvalue weighted by atomic mass is 10.1. The normalized spacial score (nSPS) is 13.7. The summed E-state index contributed by atoms with van der Waals surface area (Å²) in [4.78, 5) is 20.9. The lowest BCUT2D eigenvalue weighted by Gasteiger charge is -2.19. The van der Waals surface area contributed by atoms with Crippen molar-refractivity contribution >= 4 is 11.7 Å². The zero-order valence-electron chi connectivity index (χ0n) is 15.8. The summed E-state index contributed by atoms with van der Waals surface area (Å²) in [5.74, 6) is 1.97. The van der Waals surface area contributed by atoms with E-state index >= 15 is 0 Å². The van der Waals surface area contributed by atoms with Gasteiger partial charge < -0.3 is 23.6 Å². The highest BCUT2D eigenvalue weighted by atomic mass is 16.5. The van der Waals surface area contributed by atoms with Crippen LogP contribution in [0.1, 0.15) is 29.0 Å². The summed E-state index contributed by atoms with van der Waals surface area (Å²) in [5.41, 5.74) is 1.20. The van der Waals surface area contributed by atoms with Crippen LogP contribution in [0.2, 0.25) is 0 Å². The minimum absolute atomic E-state index is 0.209. The van der Waals surface area contributed by atoms with E-state index in [2.05, 4.69) is 20.2 Å². The van der Waals surface area contributed by atoms with Crippen molar-refractivity contribution in [3.8, 4) is 17.1 Å². The van der Waals surface area contributed by atoms with E-state index in [9.17, 15) is 4.79 Å². The smallest absolute Gasteiger partial charge is 0.261 e. The molecule has 0 spiro atoms. The third-order valence-corrected chi connectivity index (χ3v) is 4.78. The molecule has 1 amide bonds. The van der Waals surface area contributed by atoms with Crippen LogP contribution in [0.3, 0.4) is 0 Å². The van der Waals surface area contributed by atoms with Crippen molar-refractivity contribution in [2.45, 2.75) is 19.4 Å². The third kappa shape index (κ3) is 3.42. The molecule has 0 N–H and O–H groups in total. The van der Waals surface area contributed by atoms with Crippen LogP contribution in [0.5, 0.6) is 5.75 Å². The molecule has 2 aromatic heterocycles. The molecular formula is C19H21N5O4. The van der Waals surface area contributed by atoms with Gasteiger partial charge in [0.1, 0.15) is 11.3 Å². The lowest BCUT2D eigenvalue weighted by molar-refractivity contribution is 0.0781. The van der Waals surface area contributed by atoms with Crippen molar-refractivity contribution in [1.82, 2.24) is 20.2 Å². The Morgan fingerprint density at radius 3 is 2.61 bits per heavy atom. The second kappa shape index (κ2) is 7.71. The molecule has 0 bridgehead atoms. The van der Waals surface area contributed by atoms with E-state index < -0.39 is 0 Å². The fourth-order valence-electron chi connectivity index (χ4n) is 3.30. The Labute approximate surface area is 161 Å². The zero-order valence-corrected chi connectivity index (χ0v) is 15.8. The summed E-state index contributed by atoms with van der Waals surface area (Å²) < 4.78 is 15.6. The van der Waals surface area contributed by atoms with Crippen LogP contribution in [-0.4, -0.2) is 53.4 Å². The topological polar surface area (TPSA) is 97.7 Å². The first-order valence-corrected chi connectivity index (χ1v) is 9.07. The molecule has 1 aliphatic heterocycles. The molecule has 0 saturated carbocycles. The first-order chi connectivity index (χ1) is 13.7. The van der Waals surface area contributed by atoms with Crippen LogP contribution in [0.15, 0.2) is 39.7 Å². The Balaban J connectivity index is 1.71. The molecule has 0 radical (unpaired) electrons. The monoisotopic (exact) mass is 383 g/mol. The maximum absolute atomic E-state index is 13.3. The maximum atomic E-state index is 13.3. The number of hydrogen-bond donors (Lipinski definition) is 0. The molecule has 9 nitrogen and oxygen atoms in total. The van der Waals surface area contributed by atoms with Gasteiger partial charge in [-0.2, -0.15) is 4.98 Å². The highest BCUT2D eigenvalue weighted by molar-refractivity contribution is 6.04. The summed E-state index contributed by atoms with van der Waals surface area (Å²) in [5, 5.41) is 8.02. The number of amides is 1. The number of hydrogen-bond acceptors (Lipinski definition) is 8. The number of benzene rings is 1. The molecule has 0 unspecified atom stereocenters. The van der Waals surface area contributed by atoms with Crippen molar-refractivity contribution in [2.75, 3.05) is 32.1 Å². The molecule has 1 saturated heterocycles. The minimum Gasteiger partial charge on any atom is -0.497 e. The first kappa shape index (κ1) is 18.0. The standard InChI is InChI=1S/C19H21N5O4/c1-23(11-15-20-12-27-21-15)19(25)16-17(13-5-7-14(26-2)8-6-13)28-22-18(16)24-9-3-4-10-24/h5-8,12H,3-4,9-11H2,1-2H3. The van der Waals surface area contributed by atoms with Gasteiger partial charge in [-0.25, -0.2) is 0 Å².